The van der Waals surface area contributed by atoms with Gasteiger partial charge in [0.05, 0.1) is 19.8 Å². The van der Waals surface area contributed by atoms with Crippen LogP contribution in [-0.2, 0) is 32.7 Å². The summed E-state index contributed by atoms with van der Waals surface area (Å²) in [6.07, 6.45) is 60.7. The quantitative estimate of drug-likeness (QED) is 0.0233. The van der Waals surface area contributed by atoms with Crippen molar-refractivity contribution in [3.8, 4) is 0 Å². The highest BCUT2D eigenvalue weighted by Crippen LogP contribution is 2.43. The van der Waals surface area contributed by atoms with Crippen LogP contribution >= 0.6 is 7.82 Å². The average molecular weight is 904 g/mol. The molecular weight excluding hydrogens is 814 g/mol. The van der Waals surface area contributed by atoms with Crippen LogP contribution < -0.4 is 5.73 Å². The minimum absolute atomic E-state index is 0.00631. The number of phosphoric acid groups is 1. The molecule has 0 amide bonds. The average Bonchev–Trinajstić information content (AvgIpc) is 3.26. The molecule has 0 aromatic carbocycles. The minimum atomic E-state index is -4.63. The van der Waals surface area contributed by atoms with Crippen molar-refractivity contribution < 1.29 is 42.7 Å². The van der Waals surface area contributed by atoms with E-state index >= 15 is 0 Å². The van der Waals surface area contributed by atoms with E-state index in [0.717, 1.165) is 89.9 Å². The molecule has 0 aliphatic heterocycles. The van der Waals surface area contributed by atoms with Gasteiger partial charge in [-0.1, -0.05) is 189 Å². The number of carbonyl (C=O) groups excluding carboxylic acids is 1. The topological polar surface area (TPSA) is 155 Å². The van der Waals surface area contributed by atoms with Gasteiger partial charge in [0.2, 0.25) is 0 Å². The number of carboxylic acids is 1. The molecule has 0 saturated carbocycles. The molecule has 63 heavy (non-hydrogen) atoms. The van der Waals surface area contributed by atoms with Crippen molar-refractivity contribution in [1.82, 2.24) is 0 Å². The first-order valence-corrected chi connectivity index (χ1v) is 26.1. The number of esters is 1. The lowest BCUT2D eigenvalue weighted by atomic mass is 10.1. The molecule has 11 heteroatoms. The molecule has 0 saturated heterocycles. The van der Waals surface area contributed by atoms with Gasteiger partial charge in [-0.3, -0.25) is 18.6 Å². The van der Waals surface area contributed by atoms with E-state index in [9.17, 15) is 19.0 Å². The summed E-state index contributed by atoms with van der Waals surface area (Å²) in [4.78, 5) is 33.7. The molecule has 0 aliphatic carbocycles. The van der Waals surface area contributed by atoms with Gasteiger partial charge in [-0.15, -0.1) is 0 Å². The summed E-state index contributed by atoms with van der Waals surface area (Å²) >= 11 is 0. The number of carboxylic acid groups (broad SMARTS) is 1. The summed E-state index contributed by atoms with van der Waals surface area (Å²) in [6, 6.07) is -1.48. The van der Waals surface area contributed by atoms with Crippen molar-refractivity contribution >= 4 is 19.8 Å². The molecular formula is C52H90NO9P. The number of phosphoric ester groups is 1. The Morgan fingerprint density at radius 3 is 1.30 bits per heavy atom. The van der Waals surface area contributed by atoms with Crippen molar-refractivity contribution in [3.05, 3.63) is 85.1 Å². The normalized spacial score (nSPS) is 14.5. The van der Waals surface area contributed by atoms with E-state index in [1.54, 1.807) is 0 Å². The van der Waals surface area contributed by atoms with Crippen LogP contribution in [0.4, 0.5) is 0 Å². The third-order valence-corrected chi connectivity index (χ3v) is 11.1. The Balaban J connectivity index is 4.16. The summed E-state index contributed by atoms with van der Waals surface area (Å²) < 4.78 is 33.5. The van der Waals surface area contributed by atoms with Crippen molar-refractivity contribution in [2.45, 2.75) is 206 Å². The van der Waals surface area contributed by atoms with Crippen LogP contribution in [0, 0.1) is 0 Å². The van der Waals surface area contributed by atoms with Crippen molar-refractivity contribution in [2.75, 3.05) is 26.4 Å². The number of hydrogen-bond donors (Lipinski definition) is 3. The van der Waals surface area contributed by atoms with Crippen LogP contribution in [0.15, 0.2) is 85.1 Å². The lowest BCUT2D eigenvalue weighted by Crippen LogP contribution is -2.34. The number of allylic oxidation sites excluding steroid dienone is 14. The fraction of sp³-hybridized carbons (Fsp3) is 0.692. The van der Waals surface area contributed by atoms with Crippen LogP contribution in [0.1, 0.15) is 194 Å². The Bertz CT molecular complexity index is 1320. The second kappa shape index (κ2) is 47.1. The second-order valence-corrected chi connectivity index (χ2v) is 17.6. The molecule has 10 nitrogen and oxygen atoms in total. The van der Waals surface area contributed by atoms with Gasteiger partial charge >= 0.3 is 19.8 Å². The third kappa shape index (κ3) is 46.9. The number of unbranched alkanes of at least 4 members (excludes halogenated alkanes) is 18. The second-order valence-electron chi connectivity index (χ2n) is 16.2. The molecule has 0 fully saturated rings. The summed E-state index contributed by atoms with van der Waals surface area (Å²) in [7, 11) is -4.63. The highest BCUT2D eigenvalue weighted by Gasteiger charge is 2.27. The first-order valence-electron chi connectivity index (χ1n) is 24.6. The summed E-state index contributed by atoms with van der Waals surface area (Å²) in [5.74, 6) is -1.79. The molecule has 0 radical (unpaired) electrons. The van der Waals surface area contributed by atoms with Gasteiger partial charge in [-0.05, 0) is 83.5 Å². The van der Waals surface area contributed by atoms with Crippen LogP contribution in [0.3, 0.4) is 0 Å². The van der Waals surface area contributed by atoms with E-state index in [1.807, 2.05) is 0 Å². The van der Waals surface area contributed by atoms with E-state index in [2.05, 4.69) is 98.9 Å². The van der Waals surface area contributed by atoms with Gasteiger partial charge in [-0.25, -0.2) is 4.57 Å². The predicted molar refractivity (Wildman–Crippen MR) is 263 cm³/mol. The highest BCUT2D eigenvalue weighted by atomic mass is 31.2. The Labute approximate surface area is 384 Å². The van der Waals surface area contributed by atoms with Gasteiger partial charge in [-0.2, -0.15) is 0 Å². The molecule has 0 aromatic heterocycles. The number of aliphatic carboxylic acids is 1. The van der Waals surface area contributed by atoms with Crippen molar-refractivity contribution in [2.24, 2.45) is 5.73 Å². The van der Waals surface area contributed by atoms with Gasteiger partial charge in [0, 0.05) is 13.0 Å². The van der Waals surface area contributed by atoms with Crippen LogP contribution in [0.5, 0.6) is 0 Å². The molecule has 0 spiro atoms. The number of carbonyl (C=O) groups is 2. The van der Waals surface area contributed by atoms with E-state index < -0.39 is 45.1 Å². The zero-order chi connectivity index (χ0) is 46.2. The Hall–Kier alpha value is -2.85. The van der Waals surface area contributed by atoms with E-state index in [-0.39, 0.29) is 13.0 Å². The third-order valence-electron chi connectivity index (χ3n) is 10.2. The Morgan fingerprint density at radius 1 is 0.508 bits per heavy atom. The van der Waals surface area contributed by atoms with Gasteiger partial charge in [0.25, 0.3) is 0 Å². The van der Waals surface area contributed by atoms with Crippen LogP contribution in [0.25, 0.3) is 0 Å². The Kier molecular flexibility index (Phi) is 45.0. The SMILES string of the molecule is CC/C=C\C/C=C\C/C=C\C/C=C\CCCCCCCCCCCCCOCC(COP(=O)(O)OCC(N)C(=O)O)OC(=O)CCCCCCCCC/C=C\C/C=C\C/C=C\CC. The number of ether oxygens (including phenoxy) is 2. The summed E-state index contributed by atoms with van der Waals surface area (Å²) in [5.41, 5.74) is 5.37. The number of nitrogens with two attached hydrogens (primary N) is 1. The lowest BCUT2D eigenvalue weighted by molar-refractivity contribution is -0.154. The molecule has 0 aromatic rings. The standard InChI is InChI=1S/C52H90NO9P/c1-3-5-7-9-11-13-15-17-19-21-22-23-24-25-26-27-29-31-33-35-37-39-41-43-45-59-46-49(47-60-63(57,58)61-48-50(53)52(55)56)62-51(54)44-42-40-38-36-34-32-30-28-20-18-16-14-12-10-8-6-4-2/h5-8,11-14,17-20,22-23,49-50H,3-4,9-10,15-16,21,24-48,53H2,1-2H3,(H,55,56)(H,57,58)/b7-5-,8-6-,13-11-,14-12-,19-17-,20-18-,23-22-. The minimum Gasteiger partial charge on any atom is -0.480 e. The maximum absolute atomic E-state index is 12.7. The lowest BCUT2D eigenvalue weighted by Gasteiger charge is -2.20. The zero-order valence-corrected chi connectivity index (χ0v) is 40.5. The zero-order valence-electron chi connectivity index (χ0n) is 39.6. The summed E-state index contributed by atoms with van der Waals surface area (Å²) in [6.45, 7) is 3.64. The molecule has 0 rings (SSSR count). The fourth-order valence-corrected chi connectivity index (χ4v) is 7.21. The molecule has 362 valence electrons. The van der Waals surface area contributed by atoms with Crippen molar-refractivity contribution in [1.29, 1.82) is 0 Å². The predicted octanol–water partition coefficient (Wildman–Crippen LogP) is 14.3. The fourth-order valence-electron chi connectivity index (χ4n) is 6.43. The first kappa shape index (κ1) is 60.2. The Morgan fingerprint density at radius 2 is 0.873 bits per heavy atom. The molecule has 3 unspecified atom stereocenters. The summed E-state index contributed by atoms with van der Waals surface area (Å²) in [5, 5.41) is 8.92. The van der Waals surface area contributed by atoms with E-state index in [1.165, 1.54) is 77.0 Å². The maximum atomic E-state index is 12.7. The molecule has 0 aliphatic rings. The molecule has 0 heterocycles. The van der Waals surface area contributed by atoms with Gasteiger partial charge in [0.1, 0.15) is 12.1 Å². The van der Waals surface area contributed by atoms with E-state index in [0.29, 0.717) is 13.0 Å². The van der Waals surface area contributed by atoms with Crippen LogP contribution in [-0.4, -0.2) is 60.5 Å². The number of hydrogen-bond acceptors (Lipinski definition) is 8. The van der Waals surface area contributed by atoms with E-state index in [4.69, 9.17) is 29.4 Å². The molecule has 3 atom stereocenters. The molecule has 0 bridgehead atoms. The largest absolute Gasteiger partial charge is 0.480 e. The first-order chi connectivity index (χ1) is 30.7. The maximum Gasteiger partial charge on any atom is 0.472 e. The number of rotatable bonds is 46. The van der Waals surface area contributed by atoms with Gasteiger partial charge in [0.15, 0.2) is 0 Å². The van der Waals surface area contributed by atoms with Gasteiger partial charge < -0.3 is 25.2 Å². The van der Waals surface area contributed by atoms with Crippen LogP contribution in [0.2, 0.25) is 0 Å². The highest BCUT2D eigenvalue weighted by molar-refractivity contribution is 7.47. The molecule has 4 N–H and O–H groups in total. The smallest absolute Gasteiger partial charge is 0.472 e. The van der Waals surface area contributed by atoms with Crippen molar-refractivity contribution in [3.63, 3.8) is 0 Å². The monoisotopic (exact) mass is 904 g/mol.